The second-order valence-electron chi connectivity index (χ2n) is 17.7. The van der Waals surface area contributed by atoms with Gasteiger partial charge in [0.15, 0.2) is 0 Å². The van der Waals surface area contributed by atoms with Crippen molar-refractivity contribution >= 4 is 51.2 Å². The molecule has 0 atom stereocenters. The number of nitrogens with zero attached hydrogens (tertiary/aromatic N) is 3. The highest BCUT2D eigenvalue weighted by atomic mass is 15.2. The summed E-state index contributed by atoms with van der Waals surface area (Å²) in [6, 6.07) is 99.1. The van der Waals surface area contributed by atoms with Gasteiger partial charge in [-0.1, -0.05) is 188 Å². The van der Waals surface area contributed by atoms with Gasteiger partial charge >= 0.3 is 0 Å². The van der Waals surface area contributed by atoms with Gasteiger partial charge in [-0.3, -0.25) is 0 Å². The molecule has 3 heteroatoms. The van der Waals surface area contributed by atoms with Crippen LogP contribution in [0.3, 0.4) is 0 Å². The zero-order chi connectivity index (χ0) is 45.7. The third-order valence-corrected chi connectivity index (χ3v) is 13.8. The Morgan fingerprint density at radius 1 is 0.188 bits per heavy atom. The number of rotatable bonds is 7. The molecule has 2 aliphatic heterocycles. The lowest BCUT2D eigenvalue weighted by Gasteiger charge is -2.27. The van der Waals surface area contributed by atoms with E-state index in [1.807, 2.05) is 0 Å². The summed E-state index contributed by atoms with van der Waals surface area (Å²) >= 11 is 0. The van der Waals surface area contributed by atoms with Crippen LogP contribution in [0, 0.1) is 0 Å². The molecule has 0 bridgehead atoms. The van der Waals surface area contributed by atoms with Crippen molar-refractivity contribution in [3.8, 4) is 66.8 Å². The van der Waals surface area contributed by atoms with Crippen molar-refractivity contribution in [1.29, 1.82) is 0 Å². The number of para-hydroxylation sites is 5. The first-order valence-corrected chi connectivity index (χ1v) is 23.7. The summed E-state index contributed by atoms with van der Waals surface area (Å²) in [5, 5.41) is 0. The van der Waals surface area contributed by atoms with Crippen LogP contribution in [0.25, 0.3) is 66.8 Å². The molecule has 0 saturated carbocycles. The van der Waals surface area contributed by atoms with E-state index in [2.05, 4.69) is 288 Å². The molecule has 2 aliphatic rings. The predicted octanol–water partition coefficient (Wildman–Crippen LogP) is 18.7. The summed E-state index contributed by atoms with van der Waals surface area (Å²) in [4.78, 5) is 7.15. The molecule has 3 nitrogen and oxygen atoms in total. The lowest BCUT2D eigenvalue weighted by atomic mass is 9.95. The maximum Gasteiger partial charge on any atom is 0.0540 e. The largest absolute Gasteiger partial charge is 0.311 e. The molecular formula is C66H45N3. The van der Waals surface area contributed by atoms with E-state index >= 15 is 0 Å². The molecule has 0 amide bonds. The molecule has 13 rings (SSSR count). The summed E-state index contributed by atoms with van der Waals surface area (Å²) in [7, 11) is 0. The SMILES string of the molecule is c1ccc(N(c2ccc(-c3ccc(N4c5ccccc5-c5ccccc5-c5ccccc54)cc3)cc2)c2ccc(-c3ccc(N4c5ccccc5-c5ccccc5-c5ccccc54)cc3)cc2)cc1. The standard InChI is InChI=1S/C66H45N3/c1-2-16-50(17-3-1)67(51-38-30-46(31-39-51)48-34-42-53(43-35-48)68-63-26-12-8-22-59(63)55-18-4-5-19-56(55)60-23-9-13-27-64(60)68)52-40-32-47(33-41-52)49-36-44-54(45-37-49)69-65-28-14-10-24-61(65)57-20-6-7-21-58(57)62-25-11-15-29-66(62)69/h1-45H. The summed E-state index contributed by atoms with van der Waals surface area (Å²) in [5.41, 5.74) is 24.8. The fourth-order valence-electron chi connectivity index (χ4n) is 10.5. The van der Waals surface area contributed by atoms with Gasteiger partial charge in [0.05, 0.1) is 22.7 Å². The second-order valence-corrected chi connectivity index (χ2v) is 17.7. The first-order chi connectivity index (χ1) is 34.2. The van der Waals surface area contributed by atoms with Crippen LogP contribution in [-0.4, -0.2) is 0 Å². The van der Waals surface area contributed by atoms with Crippen molar-refractivity contribution in [2.24, 2.45) is 0 Å². The summed E-state index contributed by atoms with van der Waals surface area (Å²) < 4.78 is 0. The summed E-state index contributed by atoms with van der Waals surface area (Å²) in [6.07, 6.45) is 0. The molecule has 0 unspecified atom stereocenters. The topological polar surface area (TPSA) is 9.72 Å². The van der Waals surface area contributed by atoms with Gasteiger partial charge in [0.25, 0.3) is 0 Å². The van der Waals surface area contributed by atoms with E-state index in [1.54, 1.807) is 0 Å². The fourth-order valence-corrected chi connectivity index (χ4v) is 10.5. The van der Waals surface area contributed by atoms with E-state index in [-0.39, 0.29) is 0 Å². The zero-order valence-corrected chi connectivity index (χ0v) is 37.8. The zero-order valence-electron chi connectivity index (χ0n) is 37.8. The molecular weight excluding hydrogens is 835 g/mol. The van der Waals surface area contributed by atoms with E-state index in [0.717, 1.165) is 39.6 Å². The quantitative estimate of drug-likeness (QED) is 0.158. The van der Waals surface area contributed by atoms with Crippen molar-refractivity contribution in [1.82, 2.24) is 0 Å². The van der Waals surface area contributed by atoms with Gasteiger partial charge in [-0.2, -0.15) is 0 Å². The van der Waals surface area contributed by atoms with Crippen molar-refractivity contribution in [3.05, 3.63) is 273 Å². The number of hydrogen-bond donors (Lipinski definition) is 0. The molecule has 11 aromatic rings. The summed E-state index contributed by atoms with van der Waals surface area (Å²) in [5.74, 6) is 0. The molecule has 0 aliphatic carbocycles. The number of hydrogen-bond acceptors (Lipinski definition) is 3. The average molecular weight is 880 g/mol. The predicted molar refractivity (Wildman–Crippen MR) is 290 cm³/mol. The Kier molecular flexibility index (Phi) is 9.84. The van der Waals surface area contributed by atoms with Crippen molar-refractivity contribution in [2.75, 3.05) is 14.7 Å². The van der Waals surface area contributed by atoms with Crippen LogP contribution in [0.5, 0.6) is 0 Å². The Balaban J connectivity index is 0.789. The lowest BCUT2D eigenvalue weighted by molar-refractivity contribution is 1.28. The smallest absolute Gasteiger partial charge is 0.0540 e. The van der Waals surface area contributed by atoms with E-state index in [9.17, 15) is 0 Å². The molecule has 69 heavy (non-hydrogen) atoms. The van der Waals surface area contributed by atoms with Gasteiger partial charge in [-0.25, -0.2) is 0 Å². The van der Waals surface area contributed by atoms with E-state index < -0.39 is 0 Å². The van der Waals surface area contributed by atoms with Crippen LogP contribution in [0.2, 0.25) is 0 Å². The highest BCUT2D eigenvalue weighted by Crippen LogP contribution is 2.52. The Morgan fingerprint density at radius 3 is 0.725 bits per heavy atom. The number of benzene rings is 11. The van der Waals surface area contributed by atoms with Crippen LogP contribution < -0.4 is 14.7 Å². The monoisotopic (exact) mass is 879 g/mol. The van der Waals surface area contributed by atoms with E-state index in [1.165, 1.54) is 78.4 Å². The molecule has 0 spiro atoms. The van der Waals surface area contributed by atoms with Gasteiger partial charge in [0.2, 0.25) is 0 Å². The van der Waals surface area contributed by atoms with Crippen molar-refractivity contribution < 1.29 is 0 Å². The van der Waals surface area contributed by atoms with Crippen LogP contribution >= 0.6 is 0 Å². The average Bonchev–Trinajstić information content (AvgIpc) is 3.64. The van der Waals surface area contributed by atoms with Crippen LogP contribution in [0.1, 0.15) is 0 Å². The van der Waals surface area contributed by atoms with Crippen molar-refractivity contribution in [3.63, 3.8) is 0 Å². The molecule has 324 valence electrons. The second kappa shape index (κ2) is 16.9. The van der Waals surface area contributed by atoms with Crippen LogP contribution in [0.15, 0.2) is 273 Å². The molecule has 0 radical (unpaired) electrons. The first-order valence-electron chi connectivity index (χ1n) is 23.7. The Hall–Kier alpha value is -9.18. The molecule has 0 saturated heterocycles. The van der Waals surface area contributed by atoms with Crippen LogP contribution in [-0.2, 0) is 0 Å². The van der Waals surface area contributed by atoms with Gasteiger partial charge in [-0.15, -0.1) is 0 Å². The maximum absolute atomic E-state index is 2.41. The molecule has 2 heterocycles. The van der Waals surface area contributed by atoms with Gasteiger partial charge in [0.1, 0.15) is 0 Å². The third-order valence-electron chi connectivity index (χ3n) is 13.8. The Labute approximate surface area is 403 Å². The van der Waals surface area contributed by atoms with Crippen LogP contribution in [0.4, 0.5) is 51.2 Å². The maximum atomic E-state index is 2.41. The van der Waals surface area contributed by atoms with Gasteiger partial charge in [-0.05, 0) is 129 Å². The normalized spacial score (nSPS) is 12.0. The molecule has 0 fully saturated rings. The molecule has 0 N–H and O–H groups in total. The Bertz CT molecular complexity index is 3290. The highest BCUT2D eigenvalue weighted by Gasteiger charge is 2.27. The minimum absolute atomic E-state index is 1.09. The minimum Gasteiger partial charge on any atom is -0.311 e. The third kappa shape index (κ3) is 6.99. The highest BCUT2D eigenvalue weighted by molar-refractivity contribution is 6.04. The fraction of sp³-hybridized carbons (Fsp3) is 0. The van der Waals surface area contributed by atoms with Gasteiger partial charge < -0.3 is 14.7 Å². The number of anilines is 9. The Morgan fingerprint density at radius 2 is 0.420 bits per heavy atom. The van der Waals surface area contributed by atoms with E-state index in [0.29, 0.717) is 0 Å². The number of fused-ring (bicyclic) bond motifs is 10. The van der Waals surface area contributed by atoms with Crippen molar-refractivity contribution in [2.45, 2.75) is 0 Å². The summed E-state index contributed by atoms with van der Waals surface area (Å²) in [6.45, 7) is 0. The van der Waals surface area contributed by atoms with Gasteiger partial charge in [0, 0.05) is 50.7 Å². The molecule has 0 aromatic heterocycles. The molecule has 11 aromatic carbocycles. The lowest BCUT2D eigenvalue weighted by Crippen LogP contribution is -2.10. The van der Waals surface area contributed by atoms with E-state index in [4.69, 9.17) is 0 Å². The minimum atomic E-state index is 1.09. The first kappa shape index (κ1) is 40.1.